The number of nitrogens with two attached hydrogens (primary N) is 2. The van der Waals surface area contributed by atoms with Gasteiger partial charge < -0.3 is 16.2 Å². The molecule has 0 aliphatic heterocycles. The van der Waals surface area contributed by atoms with Gasteiger partial charge in [-0.25, -0.2) is 4.79 Å². The normalized spacial score (nSPS) is 9.50. The molecule has 4 heteroatoms. The van der Waals surface area contributed by atoms with Crippen LogP contribution in [0.3, 0.4) is 0 Å². The van der Waals surface area contributed by atoms with Crippen LogP contribution in [0, 0.1) is 0 Å². The van der Waals surface area contributed by atoms with Crippen LogP contribution in [0.15, 0.2) is 30.4 Å². The number of rotatable bonds is 2. The van der Waals surface area contributed by atoms with Gasteiger partial charge in [-0.05, 0) is 19.1 Å². The fourth-order valence-electron chi connectivity index (χ4n) is 0.837. The molecule has 0 fully saturated rings. The molecule has 0 atom stereocenters. The number of esters is 1. The van der Waals surface area contributed by atoms with Crippen LogP contribution < -0.4 is 16.2 Å². The van der Waals surface area contributed by atoms with E-state index in [0.717, 1.165) is 0 Å². The van der Waals surface area contributed by atoms with Crippen LogP contribution >= 0.6 is 0 Å². The van der Waals surface area contributed by atoms with Gasteiger partial charge in [0.15, 0.2) is 5.75 Å². The fraction of sp³-hybridized carbons (Fsp3) is 0.100. The predicted molar refractivity (Wildman–Crippen MR) is 55.7 cm³/mol. The van der Waals surface area contributed by atoms with E-state index in [1.54, 1.807) is 25.1 Å². The van der Waals surface area contributed by atoms with Crippen LogP contribution in [0.4, 0.5) is 11.4 Å². The average Bonchev–Trinajstić information content (AvgIpc) is 2.12. The quantitative estimate of drug-likeness (QED) is 0.320. The third-order valence-corrected chi connectivity index (χ3v) is 1.65. The van der Waals surface area contributed by atoms with Gasteiger partial charge in [0.1, 0.15) is 0 Å². The summed E-state index contributed by atoms with van der Waals surface area (Å²) in [6, 6.07) is 4.87. The molecule has 0 amide bonds. The van der Waals surface area contributed by atoms with Crippen LogP contribution in [-0.2, 0) is 4.79 Å². The first-order valence-corrected chi connectivity index (χ1v) is 4.04. The smallest absolute Gasteiger partial charge is 0.338 e. The number of hydrogen-bond donors (Lipinski definition) is 2. The molecule has 0 aromatic heterocycles. The van der Waals surface area contributed by atoms with Crippen molar-refractivity contribution in [2.45, 2.75) is 6.92 Å². The van der Waals surface area contributed by atoms with E-state index >= 15 is 0 Å². The number of carbonyl (C=O) groups is 1. The maximum Gasteiger partial charge on any atom is 0.338 e. The lowest BCUT2D eigenvalue weighted by atomic mass is 10.2. The first kappa shape index (κ1) is 10.1. The zero-order chi connectivity index (χ0) is 10.7. The predicted octanol–water partition coefficient (Wildman–Crippen LogP) is 1.33. The molecule has 4 nitrogen and oxygen atoms in total. The number of anilines is 2. The Hall–Kier alpha value is -1.97. The first-order valence-electron chi connectivity index (χ1n) is 4.04. The average molecular weight is 192 g/mol. The van der Waals surface area contributed by atoms with Crippen LogP contribution in [0.2, 0.25) is 0 Å². The Bertz CT molecular complexity index is 386. The summed E-state index contributed by atoms with van der Waals surface area (Å²) in [5, 5.41) is 0. The summed E-state index contributed by atoms with van der Waals surface area (Å²) in [5.41, 5.74) is 12.1. The maximum absolute atomic E-state index is 11.2. The lowest BCUT2D eigenvalue weighted by molar-refractivity contribution is -0.130. The summed E-state index contributed by atoms with van der Waals surface area (Å²) in [6.07, 6.45) is 0. The molecule has 0 aliphatic rings. The summed E-state index contributed by atoms with van der Waals surface area (Å²) in [7, 11) is 0. The van der Waals surface area contributed by atoms with E-state index in [4.69, 9.17) is 16.2 Å². The molecule has 0 bridgehead atoms. The molecule has 4 N–H and O–H groups in total. The van der Waals surface area contributed by atoms with Gasteiger partial charge >= 0.3 is 5.97 Å². The van der Waals surface area contributed by atoms with E-state index < -0.39 is 5.97 Å². The molecular formula is C10H12N2O2. The molecular weight excluding hydrogens is 180 g/mol. The van der Waals surface area contributed by atoms with E-state index in [1.165, 1.54) is 0 Å². The lowest BCUT2D eigenvalue weighted by Crippen LogP contribution is -2.10. The van der Waals surface area contributed by atoms with Gasteiger partial charge in [-0.3, -0.25) is 0 Å². The topological polar surface area (TPSA) is 78.3 Å². The van der Waals surface area contributed by atoms with Gasteiger partial charge in [-0.2, -0.15) is 0 Å². The molecule has 0 saturated carbocycles. The number of ether oxygens (including phenoxy) is 1. The zero-order valence-corrected chi connectivity index (χ0v) is 7.91. The SMILES string of the molecule is C=C(C)C(=O)Oc1cccc(N)c1N. The van der Waals surface area contributed by atoms with E-state index in [2.05, 4.69) is 6.58 Å². The van der Waals surface area contributed by atoms with Crippen LogP contribution in [0.25, 0.3) is 0 Å². The Morgan fingerprint density at radius 2 is 2.07 bits per heavy atom. The highest BCUT2D eigenvalue weighted by molar-refractivity contribution is 5.90. The number of nitrogen functional groups attached to an aromatic ring is 2. The van der Waals surface area contributed by atoms with Gasteiger partial charge in [-0.1, -0.05) is 12.6 Å². The van der Waals surface area contributed by atoms with E-state index in [9.17, 15) is 4.79 Å². The van der Waals surface area contributed by atoms with Gasteiger partial charge in [-0.15, -0.1) is 0 Å². The minimum atomic E-state index is -0.512. The Morgan fingerprint density at radius 3 is 2.64 bits per heavy atom. The number of para-hydroxylation sites is 1. The summed E-state index contributed by atoms with van der Waals surface area (Å²) >= 11 is 0. The van der Waals surface area contributed by atoms with Crippen molar-refractivity contribution in [3.8, 4) is 5.75 Å². The van der Waals surface area contributed by atoms with E-state index in [-0.39, 0.29) is 11.4 Å². The second-order valence-electron chi connectivity index (χ2n) is 2.93. The van der Waals surface area contributed by atoms with Crippen molar-refractivity contribution in [2.75, 3.05) is 11.5 Å². The standard InChI is InChI=1S/C10H12N2O2/c1-6(2)10(13)14-8-5-3-4-7(11)9(8)12/h3-5H,1,11-12H2,2H3. The zero-order valence-electron chi connectivity index (χ0n) is 7.91. The Morgan fingerprint density at radius 1 is 1.43 bits per heavy atom. The second kappa shape index (κ2) is 3.83. The minimum absolute atomic E-state index is 0.262. The van der Waals surface area contributed by atoms with Gasteiger partial charge in [0.2, 0.25) is 0 Å². The minimum Gasteiger partial charge on any atom is -0.421 e. The monoisotopic (exact) mass is 192 g/mol. The molecule has 1 rings (SSSR count). The van der Waals surface area contributed by atoms with Crippen molar-refractivity contribution in [2.24, 2.45) is 0 Å². The largest absolute Gasteiger partial charge is 0.421 e. The second-order valence-corrected chi connectivity index (χ2v) is 2.93. The van der Waals surface area contributed by atoms with Crippen molar-refractivity contribution in [3.05, 3.63) is 30.4 Å². The third-order valence-electron chi connectivity index (χ3n) is 1.65. The number of hydrogen-bond acceptors (Lipinski definition) is 4. The highest BCUT2D eigenvalue weighted by Crippen LogP contribution is 2.27. The summed E-state index contributed by atoms with van der Waals surface area (Å²) < 4.78 is 4.94. The molecule has 0 heterocycles. The molecule has 0 radical (unpaired) electrons. The molecule has 1 aromatic rings. The van der Waals surface area contributed by atoms with E-state index in [0.29, 0.717) is 11.3 Å². The first-order chi connectivity index (χ1) is 6.52. The van der Waals surface area contributed by atoms with Crippen molar-refractivity contribution >= 4 is 17.3 Å². The van der Waals surface area contributed by atoms with Crippen LogP contribution in [-0.4, -0.2) is 5.97 Å². The van der Waals surface area contributed by atoms with Gasteiger partial charge in [0, 0.05) is 5.57 Å². The van der Waals surface area contributed by atoms with Crippen molar-refractivity contribution in [3.63, 3.8) is 0 Å². The molecule has 1 aromatic carbocycles. The molecule has 0 saturated heterocycles. The molecule has 14 heavy (non-hydrogen) atoms. The number of carbonyl (C=O) groups excluding carboxylic acids is 1. The highest BCUT2D eigenvalue weighted by Gasteiger charge is 2.09. The fourth-order valence-corrected chi connectivity index (χ4v) is 0.837. The summed E-state index contributed by atoms with van der Waals surface area (Å²) in [4.78, 5) is 11.2. The van der Waals surface area contributed by atoms with Crippen molar-refractivity contribution < 1.29 is 9.53 Å². The van der Waals surface area contributed by atoms with E-state index in [1.807, 2.05) is 0 Å². The molecule has 0 spiro atoms. The Balaban J connectivity index is 2.93. The van der Waals surface area contributed by atoms with Crippen LogP contribution in [0.1, 0.15) is 6.92 Å². The Labute approximate surface area is 82.2 Å². The lowest BCUT2D eigenvalue weighted by Gasteiger charge is -2.07. The Kier molecular flexibility index (Phi) is 2.76. The summed E-state index contributed by atoms with van der Waals surface area (Å²) in [6.45, 7) is 5.02. The maximum atomic E-state index is 11.2. The van der Waals surface area contributed by atoms with Crippen LogP contribution in [0.5, 0.6) is 5.75 Å². The summed E-state index contributed by atoms with van der Waals surface area (Å²) in [5.74, 6) is -0.250. The van der Waals surface area contributed by atoms with Crippen molar-refractivity contribution in [1.29, 1.82) is 0 Å². The molecule has 0 aliphatic carbocycles. The van der Waals surface area contributed by atoms with Gasteiger partial charge in [0.05, 0.1) is 11.4 Å². The highest BCUT2D eigenvalue weighted by atomic mass is 16.5. The third kappa shape index (κ3) is 2.04. The number of benzene rings is 1. The van der Waals surface area contributed by atoms with Gasteiger partial charge in [0.25, 0.3) is 0 Å². The molecule has 74 valence electrons. The molecule has 0 unspecified atom stereocenters. The van der Waals surface area contributed by atoms with Crippen molar-refractivity contribution in [1.82, 2.24) is 0 Å².